The molecule has 1 atom stereocenters. The van der Waals surface area contributed by atoms with Crippen LogP contribution in [0.3, 0.4) is 0 Å². The summed E-state index contributed by atoms with van der Waals surface area (Å²) >= 11 is 2.90. The maximum Gasteiger partial charge on any atom is 0.231 e. The fourth-order valence-corrected chi connectivity index (χ4v) is 4.92. The molecule has 1 N–H and O–H groups in total. The second kappa shape index (κ2) is 8.20. The average Bonchev–Trinajstić information content (AvgIpc) is 3.43. The molecule has 1 fully saturated rings. The minimum absolute atomic E-state index is 0.00198. The molecular weight excluding hydrogens is 392 g/mol. The summed E-state index contributed by atoms with van der Waals surface area (Å²) in [5.74, 6) is -0.00612. The van der Waals surface area contributed by atoms with Crippen LogP contribution in [0.2, 0.25) is 0 Å². The van der Waals surface area contributed by atoms with Crippen molar-refractivity contribution in [2.75, 3.05) is 16.8 Å². The fraction of sp³-hybridized carbons (Fsp3) is 0.300. The molecule has 2 amide bonds. The molecule has 3 aromatic rings. The van der Waals surface area contributed by atoms with Gasteiger partial charge in [-0.25, -0.2) is 0 Å². The van der Waals surface area contributed by atoms with Gasteiger partial charge in [0.1, 0.15) is 5.01 Å². The molecule has 28 heavy (non-hydrogen) atoms. The molecule has 6 nitrogen and oxygen atoms in total. The van der Waals surface area contributed by atoms with Crippen molar-refractivity contribution in [1.29, 1.82) is 0 Å². The van der Waals surface area contributed by atoms with Crippen molar-refractivity contribution in [2.45, 2.75) is 32.1 Å². The third kappa shape index (κ3) is 3.98. The SMILES string of the molecule is CCc1ccccc1N1C[C@H](c2nnc(NC(=O)Cc3cccs3)s2)CC1=O. The maximum atomic E-state index is 12.6. The molecular formula is C20H20N4O2S2. The second-order valence-electron chi connectivity index (χ2n) is 6.64. The van der Waals surface area contributed by atoms with Crippen molar-refractivity contribution in [3.05, 3.63) is 57.2 Å². The summed E-state index contributed by atoms with van der Waals surface area (Å²) in [5.41, 5.74) is 2.14. The van der Waals surface area contributed by atoms with Gasteiger partial charge in [-0.15, -0.1) is 21.5 Å². The number of hydrogen-bond donors (Lipinski definition) is 1. The Morgan fingerprint density at radius 1 is 1.25 bits per heavy atom. The summed E-state index contributed by atoms with van der Waals surface area (Å²) in [4.78, 5) is 27.6. The van der Waals surface area contributed by atoms with E-state index in [1.165, 1.54) is 11.3 Å². The topological polar surface area (TPSA) is 75.2 Å². The van der Waals surface area contributed by atoms with E-state index >= 15 is 0 Å². The Bertz CT molecular complexity index is 984. The quantitative estimate of drug-likeness (QED) is 0.667. The summed E-state index contributed by atoms with van der Waals surface area (Å²) in [6.45, 7) is 2.68. The number of thiophene rings is 1. The first-order chi connectivity index (χ1) is 13.6. The number of para-hydroxylation sites is 1. The van der Waals surface area contributed by atoms with Crippen molar-refractivity contribution in [3.63, 3.8) is 0 Å². The summed E-state index contributed by atoms with van der Waals surface area (Å²) in [6.07, 6.45) is 1.62. The van der Waals surface area contributed by atoms with E-state index in [4.69, 9.17) is 0 Å². The lowest BCUT2D eigenvalue weighted by atomic mass is 10.1. The number of aromatic nitrogens is 2. The summed E-state index contributed by atoms with van der Waals surface area (Å²) < 4.78 is 0. The van der Waals surface area contributed by atoms with Gasteiger partial charge >= 0.3 is 0 Å². The van der Waals surface area contributed by atoms with Crippen LogP contribution in [0.4, 0.5) is 10.8 Å². The van der Waals surface area contributed by atoms with Crippen LogP contribution >= 0.6 is 22.7 Å². The number of carbonyl (C=O) groups is 2. The van der Waals surface area contributed by atoms with E-state index in [-0.39, 0.29) is 17.7 Å². The highest BCUT2D eigenvalue weighted by molar-refractivity contribution is 7.15. The largest absolute Gasteiger partial charge is 0.311 e. The highest BCUT2D eigenvalue weighted by Crippen LogP contribution is 2.35. The Kier molecular flexibility index (Phi) is 5.50. The van der Waals surface area contributed by atoms with Crippen molar-refractivity contribution in [3.8, 4) is 0 Å². The minimum atomic E-state index is -0.105. The smallest absolute Gasteiger partial charge is 0.231 e. The van der Waals surface area contributed by atoms with Gasteiger partial charge in [-0.3, -0.25) is 9.59 Å². The molecule has 0 radical (unpaired) electrons. The van der Waals surface area contributed by atoms with Gasteiger partial charge in [0, 0.05) is 29.4 Å². The molecule has 0 spiro atoms. The number of nitrogens with one attached hydrogen (secondary N) is 1. The van der Waals surface area contributed by atoms with Gasteiger partial charge in [0.2, 0.25) is 16.9 Å². The lowest BCUT2D eigenvalue weighted by molar-refractivity contribution is -0.117. The van der Waals surface area contributed by atoms with Gasteiger partial charge in [0.15, 0.2) is 0 Å². The number of anilines is 2. The first kappa shape index (κ1) is 18.8. The molecule has 1 aromatic carbocycles. The van der Waals surface area contributed by atoms with Crippen LogP contribution in [-0.4, -0.2) is 28.6 Å². The Hall–Kier alpha value is -2.58. The van der Waals surface area contributed by atoms with Crippen LogP contribution in [0.25, 0.3) is 0 Å². The van der Waals surface area contributed by atoms with Crippen LogP contribution in [0, 0.1) is 0 Å². The fourth-order valence-electron chi connectivity index (χ4n) is 3.36. The molecule has 1 saturated heterocycles. The molecule has 144 valence electrons. The molecule has 0 aliphatic carbocycles. The first-order valence-corrected chi connectivity index (χ1v) is 10.9. The molecule has 0 bridgehead atoms. The van der Waals surface area contributed by atoms with Gasteiger partial charge in [0.05, 0.1) is 6.42 Å². The van der Waals surface area contributed by atoms with E-state index in [0.717, 1.165) is 27.6 Å². The van der Waals surface area contributed by atoms with E-state index in [0.29, 0.717) is 24.5 Å². The van der Waals surface area contributed by atoms with Crippen LogP contribution in [0.1, 0.15) is 34.7 Å². The third-order valence-electron chi connectivity index (χ3n) is 4.74. The number of hydrogen-bond acceptors (Lipinski definition) is 6. The van der Waals surface area contributed by atoms with Crippen molar-refractivity contribution in [1.82, 2.24) is 10.2 Å². The Labute approximate surface area is 171 Å². The molecule has 4 rings (SSSR count). The number of aryl methyl sites for hydroxylation is 1. The number of carbonyl (C=O) groups excluding carboxylic acids is 2. The van der Waals surface area contributed by atoms with E-state index in [2.05, 4.69) is 28.5 Å². The molecule has 3 heterocycles. The summed E-state index contributed by atoms with van der Waals surface area (Å²) in [7, 11) is 0. The highest BCUT2D eigenvalue weighted by atomic mass is 32.1. The third-order valence-corrected chi connectivity index (χ3v) is 6.62. The molecule has 0 saturated carbocycles. The summed E-state index contributed by atoms with van der Waals surface area (Å²) in [6, 6.07) is 11.9. The molecule has 1 aliphatic heterocycles. The monoisotopic (exact) mass is 412 g/mol. The number of nitrogens with zero attached hydrogens (tertiary/aromatic N) is 3. The van der Waals surface area contributed by atoms with Crippen molar-refractivity contribution in [2.24, 2.45) is 0 Å². The second-order valence-corrected chi connectivity index (χ2v) is 8.68. The number of amides is 2. The summed E-state index contributed by atoms with van der Waals surface area (Å²) in [5, 5.41) is 14.4. The Balaban J connectivity index is 1.43. The van der Waals surface area contributed by atoms with E-state index in [1.54, 1.807) is 11.3 Å². The predicted octanol–water partition coefficient (Wildman–Crippen LogP) is 3.86. The minimum Gasteiger partial charge on any atom is -0.311 e. The molecule has 2 aromatic heterocycles. The lowest BCUT2D eigenvalue weighted by Crippen LogP contribution is -2.25. The standard InChI is InChI=1S/C20H20N4O2S2/c1-2-13-6-3-4-8-16(13)24-12-14(10-18(24)26)19-22-23-20(28-19)21-17(25)11-15-7-5-9-27-15/h3-9,14H,2,10-12H2,1H3,(H,21,23,25)/t14-/m1/s1. The van der Waals surface area contributed by atoms with E-state index in [9.17, 15) is 9.59 Å². The van der Waals surface area contributed by atoms with Gasteiger partial charge in [-0.2, -0.15) is 0 Å². The Morgan fingerprint density at radius 3 is 2.89 bits per heavy atom. The van der Waals surface area contributed by atoms with Gasteiger partial charge in [-0.05, 0) is 29.5 Å². The van der Waals surface area contributed by atoms with Crippen LogP contribution in [0.15, 0.2) is 41.8 Å². The number of benzene rings is 1. The zero-order chi connectivity index (χ0) is 19.5. The molecule has 0 unspecified atom stereocenters. The van der Waals surface area contributed by atoms with E-state index < -0.39 is 0 Å². The zero-order valence-electron chi connectivity index (χ0n) is 15.4. The van der Waals surface area contributed by atoms with Gasteiger partial charge in [0.25, 0.3) is 0 Å². The average molecular weight is 413 g/mol. The lowest BCUT2D eigenvalue weighted by Gasteiger charge is -2.19. The normalized spacial score (nSPS) is 16.5. The van der Waals surface area contributed by atoms with Crippen molar-refractivity contribution >= 4 is 45.3 Å². The predicted molar refractivity (Wildman–Crippen MR) is 112 cm³/mol. The molecule has 8 heteroatoms. The van der Waals surface area contributed by atoms with Crippen LogP contribution in [-0.2, 0) is 22.4 Å². The highest BCUT2D eigenvalue weighted by Gasteiger charge is 2.34. The van der Waals surface area contributed by atoms with Gasteiger partial charge in [-0.1, -0.05) is 42.5 Å². The van der Waals surface area contributed by atoms with Crippen LogP contribution < -0.4 is 10.2 Å². The number of rotatable bonds is 6. The van der Waals surface area contributed by atoms with Crippen molar-refractivity contribution < 1.29 is 9.59 Å². The van der Waals surface area contributed by atoms with Gasteiger partial charge < -0.3 is 10.2 Å². The maximum absolute atomic E-state index is 12.6. The Morgan fingerprint density at radius 2 is 2.11 bits per heavy atom. The zero-order valence-corrected chi connectivity index (χ0v) is 17.1. The first-order valence-electron chi connectivity index (χ1n) is 9.18. The van der Waals surface area contributed by atoms with Crippen LogP contribution in [0.5, 0.6) is 0 Å². The molecule has 1 aliphatic rings. The van der Waals surface area contributed by atoms with E-state index in [1.807, 2.05) is 40.6 Å².